The minimum absolute atomic E-state index is 0.283. The maximum Gasteiger partial charge on any atom is 0.232 e. The number of piperazine rings is 1. The van der Waals surface area contributed by atoms with Crippen LogP contribution in [-0.4, -0.2) is 100.0 Å². The summed E-state index contributed by atoms with van der Waals surface area (Å²) in [5.41, 5.74) is 2.64. The van der Waals surface area contributed by atoms with Gasteiger partial charge in [-0.15, -0.1) is 0 Å². The first-order valence-electron chi connectivity index (χ1n) is 14.3. The zero-order valence-electron chi connectivity index (χ0n) is 22.8. The van der Waals surface area contributed by atoms with Gasteiger partial charge < -0.3 is 20.3 Å². The van der Waals surface area contributed by atoms with Crippen LogP contribution in [0.2, 0.25) is 5.02 Å². The van der Waals surface area contributed by atoms with Gasteiger partial charge in [-0.25, -0.2) is 0 Å². The van der Waals surface area contributed by atoms with Crippen LogP contribution in [0.1, 0.15) is 36.8 Å². The maximum absolute atomic E-state index is 9.82. The van der Waals surface area contributed by atoms with Crippen molar-refractivity contribution in [3.05, 3.63) is 34.5 Å². The van der Waals surface area contributed by atoms with Crippen molar-refractivity contribution in [2.24, 2.45) is 0 Å². The predicted molar refractivity (Wildman–Crippen MR) is 155 cm³/mol. The Hall–Kier alpha value is -3.68. The van der Waals surface area contributed by atoms with E-state index >= 15 is 0 Å². The van der Waals surface area contributed by atoms with E-state index in [1.54, 1.807) is 10.6 Å². The van der Waals surface area contributed by atoms with E-state index in [-0.39, 0.29) is 5.95 Å². The maximum atomic E-state index is 9.82. The predicted octanol–water partition coefficient (Wildman–Crippen LogP) is 2.82. The van der Waals surface area contributed by atoms with Crippen molar-refractivity contribution in [2.75, 3.05) is 68.0 Å². The lowest BCUT2D eigenvalue weighted by Gasteiger charge is -2.46. The van der Waals surface area contributed by atoms with E-state index in [1.165, 1.54) is 19.0 Å². The molecule has 2 N–H and O–H groups in total. The molecule has 4 fully saturated rings. The van der Waals surface area contributed by atoms with E-state index in [2.05, 4.69) is 52.5 Å². The number of aromatic nitrogens is 4. The van der Waals surface area contributed by atoms with Gasteiger partial charge in [-0.05, 0) is 37.8 Å². The van der Waals surface area contributed by atoms with Gasteiger partial charge in [0.1, 0.15) is 11.6 Å². The summed E-state index contributed by atoms with van der Waals surface area (Å²) in [4.78, 5) is 16.7. The molecule has 212 valence electrons. The molecule has 1 aromatic carbocycles. The summed E-state index contributed by atoms with van der Waals surface area (Å²) < 4.78 is 6.93. The fourth-order valence-electron chi connectivity index (χ4n) is 6.01. The molecule has 0 amide bonds. The van der Waals surface area contributed by atoms with Gasteiger partial charge in [-0.2, -0.15) is 30.1 Å². The number of ether oxygens (including phenoxy) is 1. The normalized spacial score (nSPS) is 20.9. The quantitative estimate of drug-likeness (QED) is 0.432. The second-order valence-electron chi connectivity index (χ2n) is 11.3. The molecule has 12 nitrogen and oxygen atoms in total. The Kier molecular flexibility index (Phi) is 7.01. The van der Waals surface area contributed by atoms with Gasteiger partial charge in [0.15, 0.2) is 5.65 Å². The van der Waals surface area contributed by atoms with Crippen molar-refractivity contribution in [1.29, 1.82) is 10.5 Å². The lowest BCUT2D eigenvalue weighted by atomic mass is 10.00. The van der Waals surface area contributed by atoms with Crippen LogP contribution >= 0.6 is 11.6 Å². The van der Waals surface area contributed by atoms with Gasteiger partial charge in [0.25, 0.3) is 0 Å². The Morgan fingerprint density at radius 3 is 2.32 bits per heavy atom. The molecule has 0 spiro atoms. The lowest BCUT2D eigenvalue weighted by molar-refractivity contribution is -0.0763. The Labute approximate surface area is 243 Å². The van der Waals surface area contributed by atoms with Crippen molar-refractivity contribution in [3.8, 4) is 12.1 Å². The molecular weight excluding hydrogens is 542 g/mol. The third-order valence-corrected chi connectivity index (χ3v) is 9.03. The van der Waals surface area contributed by atoms with E-state index in [0.29, 0.717) is 51.6 Å². The Balaban J connectivity index is 1.08. The number of nitrogens with zero attached hydrogens (tertiary/aromatic N) is 9. The largest absolute Gasteiger partial charge is 0.378 e. The molecule has 2 aromatic heterocycles. The van der Waals surface area contributed by atoms with Gasteiger partial charge in [0.2, 0.25) is 11.9 Å². The number of nitriles is 2. The Morgan fingerprint density at radius 2 is 1.66 bits per heavy atom. The van der Waals surface area contributed by atoms with E-state index in [1.807, 2.05) is 6.07 Å². The number of halogens is 1. The fraction of sp³-hybridized carbons (Fsp3) is 0.536. The summed E-state index contributed by atoms with van der Waals surface area (Å²) >= 11 is 6.98. The van der Waals surface area contributed by atoms with Crippen molar-refractivity contribution >= 4 is 40.5 Å². The summed E-state index contributed by atoms with van der Waals surface area (Å²) in [5.74, 6) is 0.794. The smallest absolute Gasteiger partial charge is 0.232 e. The third-order valence-electron chi connectivity index (χ3n) is 8.64. The van der Waals surface area contributed by atoms with Crippen molar-refractivity contribution in [3.63, 3.8) is 0 Å². The van der Waals surface area contributed by atoms with Crippen LogP contribution in [0.25, 0.3) is 5.65 Å². The number of rotatable bonds is 7. The van der Waals surface area contributed by atoms with E-state index in [9.17, 15) is 10.5 Å². The molecule has 4 aliphatic rings. The molecule has 0 radical (unpaired) electrons. The highest BCUT2D eigenvalue weighted by atomic mass is 35.5. The molecule has 0 atom stereocenters. The lowest BCUT2D eigenvalue weighted by Crippen LogP contribution is -2.57. The second kappa shape index (κ2) is 11.0. The van der Waals surface area contributed by atoms with Gasteiger partial charge in [0.05, 0.1) is 53.5 Å². The minimum Gasteiger partial charge on any atom is -0.378 e. The van der Waals surface area contributed by atoms with Crippen LogP contribution in [-0.2, 0) is 4.74 Å². The highest BCUT2D eigenvalue weighted by molar-refractivity contribution is 6.36. The summed E-state index contributed by atoms with van der Waals surface area (Å²) in [5, 5.41) is 30.8. The number of piperidine rings is 1. The van der Waals surface area contributed by atoms with Crippen molar-refractivity contribution in [2.45, 2.75) is 43.8 Å². The van der Waals surface area contributed by atoms with E-state index in [0.717, 1.165) is 71.0 Å². The number of nitrogens with one attached hydrogen (secondary N) is 2. The monoisotopic (exact) mass is 573 g/mol. The number of likely N-dealkylation sites (tertiary alicyclic amines) is 1. The molecular formula is C28H32ClN11O. The standard InChI is InChI=1S/C28H32ClN11O/c29-25-23(34-27-35-26-19(14-31)15-32-40(26)28(36-27)33-20-1-2-20)11-18(13-30)12-24(25)39-9-7-38(8-10-39)21-3-5-37(6-4-21)22-16-41-17-22/h11-12,15,20-22H,1-10,16-17H2,(H2,33,34,35,36). The molecule has 3 saturated heterocycles. The summed E-state index contributed by atoms with van der Waals surface area (Å²) in [6, 6.07) is 9.55. The zero-order valence-corrected chi connectivity index (χ0v) is 23.5. The van der Waals surface area contributed by atoms with Crippen LogP contribution in [0.4, 0.5) is 23.3 Å². The molecule has 3 aromatic rings. The number of fused-ring (bicyclic) bond motifs is 1. The second-order valence-corrected chi connectivity index (χ2v) is 11.6. The number of benzene rings is 1. The van der Waals surface area contributed by atoms with E-state index < -0.39 is 0 Å². The molecule has 41 heavy (non-hydrogen) atoms. The first kappa shape index (κ1) is 26.2. The van der Waals surface area contributed by atoms with E-state index in [4.69, 9.17) is 16.3 Å². The van der Waals surface area contributed by atoms with Gasteiger partial charge in [-0.1, -0.05) is 11.6 Å². The average molecular weight is 574 g/mol. The van der Waals surface area contributed by atoms with Gasteiger partial charge in [-0.3, -0.25) is 9.80 Å². The molecule has 5 heterocycles. The third kappa shape index (κ3) is 5.24. The molecule has 1 aliphatic carbocycles. The van der Waals surface area contributed by atoms with Crippen LogP contribution in [0.15, 0.2) is 18.3 Å². The zero-order chi connectivity index (χ0) is 27.9. The number of hydrogen-bond donors (Lipinski definition) is 2. The minimum atomic E-state index is 0.283. The van der Waals surface area contributed by atoms with Crippen LogP contribution in [0.3, 0.4) is 0 Å². The molecule has 3 aliphatic heterocycles. The van der Waals surface area contributed by atoms with Crippen molar-refractivity contribution < 1.29 is 4.74 Å². The van der Waals surface area contributed by atoms with Crippen molar-refractivity contribution in [1.82, 2.24) is 29.4 Å². The highest BCUT2D eigenvalue weighted by Gasteiger charge is 2.33. The van der Waals surface area contributed by atoms with Crippen LogP contribution in [0.5, 0.6) is 0 Å². The molecule has 0 unspecified atom stereocenters. The number of hydrogen-bond acceptors (Lipinski definition) is 11. The summed E-state index contributed by atoms with van der Waals surface area (Å²) in [6.07, 6.45) is 5.99. The molecule has 0 bridgehead atoms. The van der Waals surface area contributed by atoms with Crippen LogP contribution in [0, 0.1) is 22.7 Å². The molecule has 1 saturated carbocycles. The first-order valence-corrected chi connectivity index (χ1v) is 14.7. The topological polar surface area (TPSA) is 134 Å². The Bertz CT molecular complexity index is 1520. The SMILES string of the molecule is N#Cc1cc(Nc2nc(NC3CC3)n3ncc(C#N)c3n2)c(Cl)c(N2CCN(C3CCN(C4COC4)CC3)CC2)c1. The number of anilines is 4. The highest BCUT2D eigenvalue weighted by Crippen LogP contribution is 2.37. The Morgan fingerprint density at radius 1 is 0.902 bits per heavy atom. The van der Waals surface area contributed by atoms with Gasteiger partial charge >= 0.3 is 0 Å². The van der Waals surface area contributed by atoms with Gasteiger partial charge in [0, 0.05) is 51.4 Å². The molecule has 13 heteroatoms. The van der Waals surface area contributed by atoms with Crippen LogP contribution < -0.4 is 15.5 Å². The molecule has 7 rings (SSSR count). The average Bonchev–Trinajstić information content (AvgIpc) is 3.69. The summed E-state index contributed by atoms with van der Waals surface area (Å²) in [6.45, 7) is 7.64. The fourth-order valence-corrected chi connectivity index (χ4v) is 6.29. The summed E-state index contributed by atoms with van der Waals surface area (Å²) in [7, 11) is 0. The first-order chi connectivity index (χ1) is 20.1.